The number of carbonyl (C=O) groups is 2. The van der Waals surface area contributed by atoms with Crippen molar-refractivity contribution in [1.29, 1.82) is 0 Å². The molecule has 0 bridgehead atoms. The molecule has 1 amide bonds. The van der Waals surface area contributed by atoms with E-state index in [-0.39, 0.29) is 24.5 Å². The average Bonchev–Trinajstić information content (AvgIpc) is 2.95. The highest BCUT2D eigenvalue weighted by Gasteiger charge is 2.12. The Kier molecular flexibility index (Phi) is 27.9. The Morgan fingerprint density at radius 1 is 0.744 bits per heavy atom. The summed E-state index contributed by atoms with van der Waals surface area (Å²) in [7, 11) is -4.08. The summed E-state index contributed by atoms with van der Waals surface area (Å²) in [5, 5.41) is 2.45. The standard InChI is InChI=1S/C35H65NO6S/c1-4-6-7-8-9-10-11-12-13-14-15-16-17-18-19-20-21-22-23-28-35(38)42-33(5-2)27-25-24-26-32(3)31-34(37)36-29-30-43(39,40)41/h10-11,31,33H,4-9,12-30H2,1-3H3,(H,36,37)(H,39,40,41)/b11-10-,32-31-/t33-/m1/s1. The third-order valence-corrected chi connectivity index (χ3v) is 8.50. The summed E-state index contributed by atoms with van der Waals surface area (Å²) in [6.07, 6.45) is 32.5. The van der Waals surface area contributed by atoms with E-state index in [1.807, 2.05) is 13.8 Å². The van der Waals surface area contributed by atoms with Gasteiger partial charge < -0.3 is 10.1 Å². The van der Waals surface area contributed by atoms with Crippen molar-refractivity contribution < 1.29 is 27.3 Å². The molecular formula is C35H65NO6S. The molecule has 0 radical (unpaired) electrons. The molecule has 8 heteroatoms. The first-order chi connectivity index (χ1) is 20.7. The lowest BCUT2D eigenvalue weighted by Crippen LogP contribution is -2.27. The number of amides is 1. The zero-order chi connectivity index (χ0) is 32.0. The van der Waals surface area contributed by atoms with Crippen molar-refractivity contribution in [3.8, 4) is 0 Å². The van der Waals surface area contributed by atoms with E-state index in [9.17, 15) is 18.0 Å². The molecule has 0 fully saturated rings. The van der Waals surface area contributed by atoms with Crippen LogP contribution in [0.25, 0.3) is 0 Å². The van der Waals surface area contributed by atoms with Crippen LogP contribution in [-0.4, -0.2) is 43.2 Å². The smallest absolute Gasteiger partial charge is 0.306 e. The molecule has 43 heavy (non-hydrogen) atoms. The summed E-state index contributed by atoms with van der Waals surface area (Å²) in [5.41, 5.74) is 0.900. The van der Waals surface area contributed by atoms with Gasteiger partial charge in [-0.3, -0.25) is 14.1 Å². The van der Waals surface area contributed by atoms with Crippen molar-refractivity contribution >= 4 is 22.0 Å². The Labute approximate surface area is 264 Å². The summed E-state index contributed by atoms with van der Waals surface area (Å²) in [6.45, 7) is 6.03. The van der Waals surface area contributed by atoms with Crippen LogP contribution in [0.1, 0.15) is 168 Å². The lowest BCUT2D eigenvalue weighted by atomic mass is 10.0. The van der Waals surface area contributed by atoms with Crippen LogP contribution in [0.2, 0.25) is 0 Å². The number of hydrogen-bond donors (Lipinski definition) is 2. The van der Waals surface area contributed by atoms with Crippen LogP contribution in [0.5, 0.6) is 0 Å². The van der Waals surface area contributed by atoms with Crippen LogP contribution in [0.15, 0.2) is 23.8 Å². The lowest BCUT2D eigenvalue weighted by Gasteiger charge is -2.16. The molecule has 0 aromatic rings. The van der Waals surface area contributed by atoms with E-state index >= 15 is 0 Å². The monoisotopic (exact) mass is 627 g/mol. The van der Waals surface area contributed by atoms with Gasteiger partial charge in [0.1, 0.15) is 6.10 Å². The second kappa shape index (κ2) is 29.1. The van der Waals surface area contributed by atoms with E-state index in [2.05, 4.69) is 24.4 Å². The topological polar surface area (TPSA) is 110 Å². The highest BCUT2D eigenvalue weighted by Crippen LogP contribution is 2.16. The van der Waals surface area contributed by atoms with Crippen LogP contribution < -0.4 is 5.32 Å². The third kappa shape index (κ3) is 31.6. The molecule has 0 rings (SSSR count). The molecule has 0 aliphatic carbocycles. The fourth-order valence-electron chi connectivity index (χ4n) is 5.06. The Hall–Kier alpha value is -1.67. The first kappa shape index (κ1) is 41.3. The average molecular weight is 628 g/mol. The molecule has 0 spiro atoms. The van der Waals surface area contributed by atoms with Gasteiger partial charge in [-0.05, 0) is 71.1 Å². The predicted octanol–water partition coefficient (Wildman–Crippen LogP) is 9.42. The van der Waals surface area contributed by atoms with Gasteiger partial charge in [0.25, 0.3) is 10.1 Å². The number of unbranched alkanes of at least 4 members (excludes halogenated alkanes) is 16. The quantitative estimate of drug-likeness (QED) is 0.0270. The van der Waals surface area contributed by atoms with Gasteiger partial charge in [-0.15, -0.1) is 0 Å². The lowest BCUT2D eigenvalue weighted by molar-refractivity contribution is -0.149. The maximum absolute atomic E-state index is 12.3. The Bertz CT molecular complexity index is 852. The minimum absolute atomic E-state index is 0.0581. The van der Waals surface area contributed by atoms with E-state index in [4.69, 9.17) is 9.29 Å². The number of nitrogens with one attached hydrogen (secondary N) is 1. The van der Waals surface area contributed by atoms with Crippen molar-refractivity contribution in [1.82, 2.24) is 5.32 Å². The Morgan fingerprint density at radius 2 is 1.26 bits per heavy atom. The van der Waals surface area contributed by atoms with Gasteiger partial charge in [0, 0.05) is 19.0 Å². The zero-order valence-corrected chi connectivity index (χ0v) is 28.7. The molecule has 0 saturated heterocycles. The van der Waals surface area contributed by atoms with Gasteiger partial charge in [0.05, 0.1) is 5.75 Å². The summed E-state index contributed by atoms with van der Waals surface area (Å²) in [5.74, 6) is -0.956. The normalized spacial score (nSPS) is 13.0. The number of hydrogen-bond acceptors (Lipinski definition) is 5. The molecule has 0 unspecified atom stereocenters. The maximum atomic E-state index is 12.3. The molecule has 0 aromatic heterocycles. The molecule has 252 valence electrons. The molecule has 0 aliphatic heterocycles. The Morgan fingerprint density at radius 3 is 1.79 bits per heavy atom. The highest BCUT2D eigenvalue weighted by molar-refractivity contribution is 7.85. The molecule has 1 atom stereocenters. The molecule has 0 heterocycles. The van der Waals surface area contributed by atoms with Crippen molar-refractivity contribution in [3.63, 3.8) is 0 Å². The van der Waals surface area contributed by atoms with Crippen molar-refractivity contribution in [3.05, 3.63) is 23.8 Å². The van der Waals surface area contributed by atoms with Gasteiger partial charge >= 0.3 is 5.97 Å². The van der Waals surface area contributed by atoms with E-state index in [1.165, 1.54) is 102 Å². The minimum Gasteiger partial charge on any atom is -0.462 e. The van der Waals surface area contributed by atoms with Crippen LogP contribution in [0.3, 0.4) is 0 Å². The zero-order valence-electron chi connectivity index (χ0n) is 27.9. The number of allylic oxidation sites excluding steroid dienone is 3. The number of esters is 1. The van der Waals surface area contributed by atoms with Gasteiger partial charge in [-0.1, -0.05) is 109 Å². The van der Waals surface area contributed by atoms with Crippen LogP contribution >= 0.6 is 0 Å². The van der Waals surface area contributed by atoms with E-state index in [0.29, 0.717) is 6.42 Å². The fourth-order valence-corrected chi connectivity index (χ4v) is 5.42. The SMILES string of the molecule is CCCCCC/C=C\CCCCCCCCCCCCCC(=O)O[C@H](CC)CCCC/C(C)=C\C(=O)NCCS(=O)(=O)O. The molecule has 7 nitrogen and oxygen atoms in total. The van der Waals surface area contributed by atoms with Gasteiger partial charge in [-0.2, -0.15) is 8.42 Å². The van der Waals surface area contributed by atoms with E-state index in [0.717, 1.165) is 50.5 Å². The summed E-state index contributed by atoms with van der Waals surface area (Å²) in [6, 6.07) is 0. The van der Waals surface area contributed by atoms with Gasteiger partial charge in [-0.25, -0.2) is 0 Å². The first-order valence-corrected chi connectivity index (χ1v) is 19.0. The van der Waals surface area contributed by atoms with Gasteiger partial charge in [0.2, 0.25) is 5.91 Å². The molecule has 0 aromatic carbocycles. The van der Waals surface area contributed by atoms with Crippen molar-refractivity contribution in [2.45, 2.75) is 175 Å². The van der Waals surface area contributed by atoms with Crippen LogP contribution in [-0.2, 0) is 24.4 Å². The fraction of sp³-hybridized carbons (Fsp3) is 0.829. The molecule has 0 saturated carbocycles. The summed E-state index contributed by atoms with van der Waals surface area (Å²) >= 11 is 0. The summed E-state index contributed by atoms with van der Waals surface area (Å²) < 4.78 is 35.8. The Balaban J connectivity index is 3.65. The highest BCUT2D eigenvalue weighted by atomic mass is 32.2. The number of rotatable bonds is 30. The van der Waals surface area contributed by atoms with Crippen molar-refractivity contribution in [2.24, 2.45) is 0 Å². The van der Waals surface area contributed by atoms with Gasteiger partial charge in [0.15, 0.2) is 0 Å². The number of carbonyl (C=O) groups excluding carboxylic acids is 2. The first-order valence-electron chi connectivity index (χ1n) is 17.4. The largest absolute Gasteiger partial charge is 0.462 e. The third-order valence-electron chi connectivity index (χ3n) is 7.78. The van der Waals surface area contributed by atoms with Crippen LogP contribution in [0, 0.1) is 0 Å². The van der Waals surface area contributed by atoms with E-state index < -0.39 is 15.9 Å². The minimum atomic E-state index is -4.08. The molecule has 2 N–H and O–H groups in total. The maximum Gasteiger partial charge on any atom is 0.306 e. The molecular weight excluding hydrogens is 562 g/mol. The predicted molar refractivity (Wildman–Crippen MR) is 180 cm³/mol. The number of ether oxygens (including phenoxy) is 1. The second-order valence-corrected chi connectivity index (χ2v) is 13.7. The second-order valence-electron chi connectivity index (χ2n) is 12.1. The van der Waals surface area contributed by atoms with E-state index in [1.54, 1.807) is 0 Å². The summed E-state index contributed by atoms with van der Waals surface area (Å²) in [4.78, 5) is 24.1. The molecule has 0 aliphatic rings. The van der Waals surface area contributed by atoms with Crippen LogP contribution in [0.4, 0.5) is 0 Å². The van der Waals surface area contributed by atoms with Crippen molar-refractivity contribution in [2.75, 3.05) is 12.3 Å².